The number of morpholine rings is 1. The molecule has 24 heavy (non-hydrogen) atoms. The maximum Gasteiger partial charge on any atom is 0.234 e. The number of thioether (sulfide) groups is 1. The van der Waals surface area contributed by atoms with Gasteiger partial charge in [-0.15, -0.1) is 10.2 Å². The molecule has 0 bridgehead atoms. The summed E-state index contributed by atoms with van der Waals surface area (Å²) in [5, 5.41) is 18.1. The minimum Gasteiger partial charge on any atom is -0.378 e. The Kier molecular flexibility index (Phi) is 6.07. The van der Waals surface area contributed by atoms with Crippen molar-refractivity contribution in [1.29, 1.82) is 0 Å². The van der Waals surface area contributed by atoms with E-state index >= 15 is 0 Å². The van der Waals surface area contributed by atoms with Crippen LogP contribution in [0.15, 0.2) is 10.1 Å². The molecule has 0 saturated carbocycles. The highest BCUT2D eigenvalue weighted by molar-refractivity contribution is 8.14. The second-order valence-corrected chi connectivity index (χ2v) is 8.32. The van der Waals surface area contributed by atoms with Crippen molar-refractivity contribution in [3.05, 3.63) is 5.01 Å². The number of nitrogens with zero attached hydrogens (tertiary/aromatic N) is 6. The molecule has 1 unspecified atom stereocenters. The largest absolute Gasteiger partial charge is 0.378 e. The van der Waals surface area contributed by atoms with Crippen molar-refractivity contribution in [2.45, 2.75) is 45.4 Å². The Morgan fingerprint density at radius 1 is 1.29 bits per heavy atom. The number of ether oxygens (including phenoxy) is 1. The first-order valence-electron chi connectivity index (χ1n) is 8.40. The molecule has 1 atom stereocenters. The van der Waals surface area contributed by atoms with Crippen LogP contribution in [-0.2, 0) is 4.74 Å². The van der Waals surface area contributed by atoms with E-state index in [1.54, 1.807) is 0 Å². The van der Waals surface area contributed by atoms with Gasteiger partial charge in [-0.25, -0.2) is 5.01 Å². The van der Waals surface area contributed by atoms with E-state index in [0.29, 0.717) is 10.5 Å². The van der Waals surface area contributed by atoms with E-state index < -0.39 is 0 Å². The number of hydrogen-bond donors (Lipinski definition) is 0. The van der Waals surface area contributed by atoms with Crippen LogP contribution in [0.2, 0.25) is 0 Å². The number of unbranched alkanes of at least 4 members (excludes halogenated alkanes) is 1. The first-order chi connectivity index (χ1) is 11.7. The number of aromatic nitrogens is 2. The average molecular weight is 369 g/mol. The Morgan fingerprint density at radius 3 is 2.75 bits per heavy atom. The van der Waals surface area contributed by atoms with Crippen LogP contribution in [0.3, 0.4) is 0 Å². The molecule has 2 aliphatic heterocycles. The highest BCUT2D eigenvalue weighted by Gasteiger charge is 2.32. The molecular weight excluding hydrogens is 344 g/mol. The van der Waals surface area contributed by atoms with E-state index in [1.807, 2.05) is 18.7 Å². The molecule has 132 valence electrons. The fourth-order valence-corrected chi connectivity index (χ4v) is 4.28. The third-order valence-corrected chi connectivity index (χ3v) is 5.71. The molecule has 1 fully saturated rings. The van der Waals surface area contributed by atoms with Gasteiger partial charge in [-0.1, -0.05) is 42.9 Å². The summed E-state index contributed by atoms with van der Waals surface area (Å²) in [6, 6.07) is 0. The molecule has 1 aromatic rings. The summed E-state index contributed by atoms with van der Waals surface area (Å²) in [5.74, 6) is 0.875. The topological polar surface area (TPSA) is 66.2 Å². The van der Waals surface area contributed by atoms with Crippen LogP contribution in [0.5, 0.6) is 0 Å². The maximum absolute atomic E-state index is 5.50. The second kappa shape index (κ2) is 8.26. The number of guanidine groups is 1. The molecule has 0 aliphatic carbocycles. The van der Waals surface area contributed by atoms with Gasteiger partial charge in [-0.05, 0) is 20.3 Å². The summed E-state index contributed by atoms with van der Waals surface area (Å²) in [5.41, 5.74) is 0. The van der Waals surface area contributed by atoms with Crippen molar-refractivity contribution in [1.82, 2.24) is 20.1 Å². The zero-order valence-electron chi connectivity index (χ0n) is 14.4. The third kappa shape index (κ3) is 4.25. The number of aliphatic imine (C=N–C) groups is 1. The molecule has 0 radical (unpaired) electrons. The summed E-state index contributed by atoms with van der Waals surface area (Å²) in [7, 11) is 0. The standard InChI is InChI=1S/C15H24N6OS2/c1-4-5-6-13-21(19-12(3)23-13)15(20-7-9-22-10-8-20)16-14-18-17-11(2)24-14/h13H,4-10H2,1-3H3/b16-15+. The molecule has 2 aliphatic rings. The van der Waals surface area contributed by atoms with Crippen LogP contribution in [-0.4, -0.2) is 62.8 Å². The van der Waals surface area contributed by atoms with Gasteiger partial charge in [0.1, 0.15) is 10.4 Å². The Bertz CT molecular complexity index is 611. The van der Waals surface area contributed by atoms with Crippen molar-refractivity contribution in [3.63, 3.8) is 0 Å². The van der Waals surface area contributed by atoms with E-state index in [4.69, 9.17) is 14.8 Å². The summed E-state index contributed by atoms with van der Waals surface area (Å²) in [6.45, 7) is 9.33. The summed E-state index contributed by atoms with van der Waals surface area (Å²) < 4.78 is 5.50. The number of rotatable bonds is 4. The second-order valence-electron chi connectivity index (χ2n) is 5.79. The van der Waals surface area contributed by atoms with Gasteiger partial charge in [0.2, 0.25) is 11.1 Å². The van der Waals surface area contributed by atoms with Gasteiger partial charge < -0.3 is 9.64 Å². The average Bonchev–Trinajstić information content (AvgIpc) is 3.16. The molecule has 0 amide bonds. The molecule has 9 heteroatoms. The molecule has 0 aromatic carbocycles. The Morgan fingerprint density at radius 2 is 2.08 bits per heavy atom. The Labute approximate surface area is 151 Å². The van der Waals surface area contributed by atoms with Crippen molar-refractivity contribution >= 4 is 39.2 Å². The first-order valence-corrected chi connectivity index (χ1v) is 10.1. The highest BCUT2D eigenvalue weighted by Crippen LogP contribution is 2.32. The number of aryl methyl sites for hydroxylation is 1. The van der Waals surface area contributed by atoms with Crippen molar-refractivity contribution in [2.24, 2.45) is 10.1 Å². The lowest BCUT2D eigenvalue weighted by Gasteiger charge is -2.34. The quantitative estimate of drug-likeness (QED) is 0.601. The van der Waals surface area contributed by atoms with Gasteiger partial charge in [-0.3, -0.25) is 0 Å². The maximum atomic E-state index is 5.50. The van der Waals surface area contributed by atoms with E-state index in [2.05, 4.69) is 34.0 Å². The van der Waals surface area contributed by atoms with E-state index in [0.717, 1.165) is 48.7 Å². The third-order valence-electron chi connectivity index (χ3n) is 3.84. The molecule has 3 rings (SSSR count). The molecule has 0 spiro atoms. The van der Waals surface area contributed by atoms with Crippen LogP contribution < -0.4 is 0 Å². The predicted molar refractivity (Wildman–Crippen MR) is 100.0 cm³/mol. The van der Waals surface area contributed by atoms with Gasteiger partial charge in [0.25, 0.3) is 0 Å². The van der Waals surface area contributed by atoms with E-state index in [-0.39, 0.29) is 0 Å². The zero-order valence-corrected chi connectivity index (χ0v) is 16.1. The van der Waals surface area contributed by atoms with Gasteiger partial charge in [-0.2, -0.15) is 10.1 Å². The normalized spacial score (nSPS) is 22.2. The molecule has 0 N–H and O–H groups in total. The fourth-order valence-electron chi connectivity index (χ4n) is 2.67. The van der Waals surface area contributed by atoms with Crippen LogP contribution in [0.1, 0.15) is 38.1 Å². The Hall–Kier alpha value is -1.19. The monoisotopic (exact) mass is 368 g/mol. The SMILES string of the molecule is CCCCC1SC(C)=NN1/C(=N/c1nnc(C)s1)N1CCOCC1. The Balaban J connectivity index is 1.89. The summed E-state index contributed by atoms with van der Waals surface area (Å²) >= 11 is 3.34. The minimum absolute atomic E-state index is 0.306. The fraction of sp³-hybridized carbons (Fsp3) is 0.733. The lowest BCUT2D eigenvalue weighted by molar-refractivity contribution is 0.0619. The first kappa shape index (κ1) is 17.6. The molecule has 7 nitrogen and oxygen atoms in total. The van der Waals surface area contributed by atoms with Crippen molar-refractivity contribution in [2.75, 3.05) is 26.3 Å². The van der Waals surface area contributed by atoms with Gasteiger partial charge in [0.05, 0.1) is 18.3 Å². The molecule has 1 saturated heterocycles. The molecule has 3 heterocycles. The van der Waals surface area contributed by atoms with Gasteiger partial charge in [0.15, 0.2) is 0 Å². The van der Waals surface area contributed by atoms with Crippen LogP contribution in [0, 0.1) is 6.92 Å². The van der Waals surface area contributed by atoms with Crippen LogP contribution >= 0.6 is 23.1 Å². The van der Waals surface area contributed by atoms with E-state index in [9.17, 15) is 0 Å². The van der Waals surface area contributed by atoms with E-state index in [1.165, 1.54) is 24.2 Å². The van der Waals surface area contributed by atoms with Gasteiger partial charge in [0, 0.05) is 13.1 Å². The van der Waals surface area contributed by atoms with Gasteiger partial charge >= 0.3 is 0 Å². The summed E-state index contributed by atoms with van der Waals surface area (Å²) in [6.07, 6.45) is 3.47. The summed E-state index contributed by atoms with van der Waals surface area (Å²) in [4.78, 5) is 7.07. The number of hydrazone groups is 1. The lowest BCUT2D eigenvalue weighted by atomic mass is 10.2. The van der Waals surface area contributed by atoms with Crippen molar-refractivity contribution < 1.29 is 4.74 Å². The van der Waals surface area contributed by atoms with Crippen molar-refractivity contribution in [3.8, 4) is 0 Å². The smallest absolute Gasteiger partial charge is 0.234 e. The minimum atomic E-state index is 0.306. The molecule has 1 aromatic heterocycles. The number of hydrogen-bond acceptors (Lipinski definition) is 7. The molecular formula is C15H24N6OS2. The lowest BCUT2D eigenvalue weighted by Crippen LogP contribution is -2.48. The zero-order chi connectivity index (χ0) is 16.9. The van der Waals surface area contributed by atoms with Crippen LogP contribution in [0.25, 0.3) is 0 Å². The highest BCUT2D eigenvalue weighted by atomic mass is 32.2. The van der Waals surface area contributed by atoms with Crippen LogP contribution in [0.4, 0.5) is 5.13 Å². The predicted octanol–water partition coefficient (Wildman–Crippen LogP) is 3.06.